The van der Waals surface area contributed by atoms with Crippen LogP contribution in [-0.4, -0.2) is 35.4 Å². The molecule has 1 aliphatic carbocycles. The molecule has 0 heterocycles. The Morgan fingerprint density at radius 1 is 0.923 bits per heavy atom. The van der Waals surface area contributed by atoms with Crippen molar-refractivity contribution in [1.82, 2.24) is 10.2 Å². The Kier molecular flexibility index (Phi) is 11.0. The van der Waals surface area contributed by atoms with Crippen molar-refractivity contribution >= 4 is 43.7 Å². The molecule has 0 aliphatic heterocycles. The van der Waals surface area contributed by atoms with Gasteiger partial charge >= 0.3 is 0 Å². The van der Waals surface area contributed by atoms with Crippen molar-refractivity contribution < 1.29 is 14.3 Å². The number of carbonyl (C=O) groups is 2. The lowest BCUT2D eigenvalue weighted by Gasteiger charge is -2.33. The predicted molar refractivity (Wildman–Crippen MR) is 163 cm³/mol. The normalized spacial score (nSPS) is 14.4. The van der Waals surface area contributed by atoms with Gasteiger partial charge in [0.2, 0.25) is 5.91 Å². The smallest absolute Gasteiger partial charge is 0.261 e. The summed E-state index contributed by atoms with van der Waals surface area (Å²) in [4.78, 5) is 29.4. The van der Waals surface area contributed by atoms with Crippen molar-refractivity contribution in [3.8, 4) is 5.75 Å². The number of aryl methyl sites for hydroxylation is 1. The van der Waals surface area contributed by atoms with E-state index in [0.29, 0.717) is 18.7 Å². The third kappa shape index (κ3) is 8.67. The molecule has 0 radical (unpaired) electrons. The number of amides is 2. The number of nitrogens with one attached hydrogen (secondary N) is 1. The highest BCUT2D eigenvalue weighted by atomic mass is 79.9. The topological polar surface area (TPSA) is 58.6 Å². The van der Waals surface area contributed by atoms with Crippen molar-refractivity contribution in [2.45, 2.75) is 70.5 Å². The highest BCUT2D eigenvalue weighted by Gasteiger charge is 2.32. The zero-order valence-corrected chi connectivity index (χ0v) is 25.5. The summed E-state index contributed by atoms with van der Waals surface area (Å²) in [5.74, 6) is 0.268. The molecule has 2 amide bonds. The van der Waals surface area contributed by atoms with Gasteiger partial charge in [-0.2, -0.15) is 0 Å². The van der Waals surface area contributed by atoms with E-state index in [9.17, 15) is 9.59 Å². The maximum Gasteiger partial charge on any atom is 0.261 e. The molecule has 7 heteroatoms. The Morgan fingerprint density at radius 2 is 1.62 bits per heavy atom. The molecule has 3 aromatic rings. The number of benzene rings is 3. The van der Waals surface area contributed by atoms with Gasteiger partial charge in [0.25, 0.3) is 5.91 Å². The zero-order chi connectivity index (χ0) is 27.6. The second-order valence-corrected chi connectivity index (χ2v) is 11.9. The van der Waals surface area contributed by atoms with Crippen LogP contribution < -0.4 is 10.1 Å². The number of rotatable bonds is 11. The molecule has 206 valence electrons. The lowest BCUT2D eigenvalue weighted by molar-refractivity contribution is -0.143. The quantitative estimate of drug-likeness (QED) is 0.237. The Balaban J connectivity index is 1.60. The average molecular weight is 656 g/mol. The van der Waals surface area contributed by atoms with E-state index in [1.54, 1.807) is 4.90 Å². The predicted octanol–water partition coefficient (Wildman–Crippen LogP) is 7.24. The zero-order valence-electron chi connectivity index (χ0n) is 22.4. The highest BCUT2D eigenvalue weighted by Crippen LogP contribution is 2.27. The number of hydrogen-bond donors (Lipinski definition) is 1. The first-order chi connectivity index (χ1) is 18.9. The summed E-state index contributed by atoms with van der Waals surface area (Å²) in [7, 11) is 0. The number of carbonyl (C=O) groups excluding carboxylic acids is 2. The average Bonchev–Trinajstić information content (AvgIpc) is 2.96. The molecule has 0 unspecified atom stereocenters. The third-order valence-electron chi connectivity index (χ3n) is 7.24. The van der Waals surface area contributed by atoms with E-state index in [4.69, 9.17) is 4.74 Å². The first-order valence-corrected chi connectivity index (χ1v) is 15.3. The molecule has 0 aromatic heterocycles. The summed E-state index contributed by atoms with van der Waals surface area (Å²) in [5, 5.41) is 3.28. The minimum atomic E-state index is -0.667. The van der Waals surface area contributed by atoms with E-state index < -0.39 is 6.04 Å². The molecular formula is C32H36Br2N2O3. The molecule has 1 fully saturated rings. The van der Waals surface area contributed by atoms with Crippen LogP contribution in [0, 0.1) is 0 Å². The van der Waals surface area contributed by atoms with Crippen molar-refractivity contribution in [2.24, 2.45) is 0 Å². The molecule has 5 nitrogen and oxygen atoms in total. The van der Waals surface area contributed by atoms with E-state index in [-0.39, 0.29) is 24.5 Å². The molecule has 3 aromatic carbocycles. The van der Waals surface area contributed by atoms with Crippen LogP contribution in [-0.2, 0) is 29.0 Å². The van der Waals surface area contributed by atoms with Gasteiger partial charge in [-0.15, -0.1) is 0 Å². The van der Waals surface area contributed by atoms with Crippen molar-refractivity contribution in [3.05, 3.63) is 98.4 Å². The summed E-state index contributed by atoms with van der Waals surface area (Å²) in [6.07, 6.45) is 6.75. The Morgan fingerprint density at radius 3 is 2.28 bits per heavy atom. The maximum absolute atomic E-state index is 13.8. The van der Waals surface area contributed by atoms with Gasteiger partial charge in [-0.1, -0.05) is 90.6 Å². The molecule has 1 saturated carbocycles. The van der Waals surface area contributed by atoms with Crippen molar-refractivity contribution in [2.75, 3.05) is 6.61 Å². The van der Waals surface area contributed by atoms with Gasteiger partial charge in [0.15, 0.2) is 6.61 Å². The van der Waals surface area contributed by atoms with E-state index >= 15 is 0 Å². The van der Waals surface area contributed by atoms with Gasteiger partial charge in [-0.25, -0.2) is 0 Å². The van der Waals surface area contributed by atoms with Crippen LogP contribution in [0.15, 0.2) is 81.7 Å². The van der Waals surface area contributed by atoms with E-state index in [1.807, 2.05) is 72.8 Å². The van der Waals surface area contributed by atoms with E-state index in [0.717, 1.165) is 52.2 Å². The van der Waals surface area contributed by atoms with Gasteiger partial charge in [-0.3, -0.25) is 9.59 Å². The summed E-state index contributed by atoms with van der Waals surface area (Å²) < 4.78 is 7.76. The largest absolute Gasteiger partial charge is 0.483 e. The SMILES string of the molecule is CCc1ccc(OCC(=O)N(Cc2ccc(Br)cc2)[C@H](Cc2ccccc2)C(=O)NC2CCCCC2)c(Br)c1. The Hall–Kier alpha value is -2.64. The van der Waals surface area contributed by atoms with E-state index in [2.05, 4.69) is 44.1 Å². The second-order valence-electron chi connectivity index (χ2n) is 10.1. The summed E-state index contributed by atoms with van der Waals surface area (Å²) >= 11 is 7.06. The van der Waals surface area contributed by atoms with E-state index in [1.165, 1.54) is 12.0 Å². The number of hydrogen-bond acceptors (Lipinski definition) is 3. The molecule has 1 N–H and O–H groups in total. The van der Waals surface area contributed by atoms with Crippen molar-refractivity contribution in [1.29, 1.82) is 0 Å². The maximum atomic E-state index is 13.8. The van der Waals surface area contributed by atoms with Crippen LogP contribution in [0.3, 0.4) is 0 Å². The van der Waals surface area contributed by atoms with Gasteiger partial charge in [0, 0.05) is 23.5 Å². The third-order valence-corrected chi connectivity index (χ3v) is 8.39. The lowest BCUT2D eigenvalue weighted by Crippen LogP contribution is -2.53. The highest BCUT2D eigenvalue weighted by molar-refractivity contribution is 9.10. The van der Waals surface area contributed by atoms with Crippen molar-refractivity contribution in [3.63, 3.8) is 0 Å². The molecule has 39 heavy (non-hydrogen) atoms. The van der Waals surface area contributed by atoms with Crippen LogP contribution >= 0.6 is 31.9 Å². The molecule has 0 spiro atoms. The van der Waals surface area contributed by atoms with Gasteiger partial charge in [-0.05, 0) is 76.1 Å². The summed E-state index contributed by atoms with van der Waals surface area (Å²) in [6.45, 7) is 2.24. The second kappa shape index (κ2) is 14.7. The number of halogens is 2. The monoisotopic (exact) mass is 654 g/mol. The minimum absolute atomic E-state index is 0.107. The summed E-state index contributed by atoms with van der Waals surface area (Å²) in [6, 6.07) is 23.1. The molecular weight excluding hydrogens is 620 g/mol. The van der Waals surface area contributed by atoms with Crippen LogP contribution in [0.1, 0.15) is 55.7 Å². The first kappa shape index (κ1) is 29.3. The molecule has 0 bridgehead atoms. The fraction of sp³-hybridized carbons (Fsp3) is 0.375. The lowest BCUT2D eigenvalue weighted by atomic mass is 9.94. The minimum Gasteiger partial charge on any atom is -0.483 e. The molecule has 1 atom stereocenters. The Bertz CT molecular complexity index is 1230. The first-order valence-electron chi connectivity index (χ1n) is 13.7. The number of nitrogens with zero attached hydrogens (tertiary/aromatic N) is 1. The van der Waals surface area contributed by atoms with Gasteiger partial charge < -0.3 is 15.0 Å². The fourth-order valence-corrected chi connectivity index (χ4v) is 5.79. The molecule has 0 saturated heterocycles. The fourth-order valence-electron chi connectivity index (χ4n) is 4.99. The van der Waals surface area contributed by atoms with Crippen LogP contribution in [0.25, 0.3) is 0 Å². The van der Waals surface area contributed by atoms with Crippen LogP contribution in [0.4, 0.5) is 0 Å². The van der Waals surface area contributed by atoms with Crippen LogP contribution in [0.2, 0.25) is 0 Å². The van der Waals surface area contributed by atoms with Crippen LogP contribution in [0.5, 0.6) is 5.75 Å². The standard InChI is InChI=1S/C32H36Br2N2O3/c1-2-23-15-18-30(28(34)19-23)39-22-31(37)36(21-25-13-16-26(33)17-14-25)29(20-24-9-5-3-6-10-24)32(38)35-27-11-7-4-8-12-27/h3,5-6,9-10,13-19,27,29H,2,4,7-8,11-12,20-22H2,1H3,(H,35,38)/t29-/m1/s1. The molecule has 1 aliphatic rings. The summed E-state index contributed by atoms with van der Waals surface area (Å²) in [5.41, 5.74) is 3.14. The van der Waals surface area contributed by atoms with Gasteiger partial charge in [0.05, 0.1) is 4.47 Å². The molecule has 4 rings (SSSR count). The van der Waals surface area contributed by atoms with Gasteiger partial charge in [0.1, 0.15) is 11.8 Å². The number of ether oxygens (including phenoxy) is 1. The Labute approximate surface area is 248 Å².